The van der Waals surface area contributed by atoms with Gasteiger partial charge in [-0.1, -0.05) is 58.4 Å². The fraction of sp³-hybridized carbons (Fsp3) is 0.333. The first-order valence-corrected chi connectivity index (χ1v) is 11.1. The average molecular weight is 463 g/mol. The lowest BCUT2D eigenvalue weighted by molar-refractivity contribution is -0.132. The molecule has 1 saturated heterocycles. The molecule has 148 valence electrons. The lowest BCUT2D eigenvalue weighted by Gasteiger charge is -2.26. The SMILES string of the molecule is O=C(CSCC(=O)N1CCOCC1)NC(c1ccccc1)c1ccc(Br)cc1. The van der Waals surface area contributed by atoms with Crippen LogP contribution in [0.15, 0.2) is 59.1 Å². The van der Waals surface area contributed by atoms with E-state index in [1.165, 1.54) is 11.8 Å². The van der Waals surface area contributed by atoms with Crippen molar-refractivity contribution in [2.75, 3.05) is 37.8 Å². The molecule has 1 unspecified atom stereocenters. The molecule has 2 aromatic carbocycles. The van der Waals surface area contributed by atoms with Gasteiger partial charge in [-0.25, -0.2) is 0 Å². The molecule has 2 amide bonds. The van der Waals surface area contributed by atoms with Crippen molar-refractivity contribution in [1.29, 1.82) is 0 Å². The Balaban J connectivity index is 1.57. The Morgan fingerprint density at radius 2 is 1.64 bits per heavy atom. The van der Waals surface area contributed by atoms with E-state index in [4.69, 9.17) is 4.74 Å². The molecule has 0 radical (unpaired) electrons. The fourth-order valence-corrected chi connectivity index (χ4v) is 3.99. The van der Waals surface area contributed by atoms with E-state index in [-0.39, 0.29) is 23.6 Å². The number of halogens is 1. The molecule has 7 heteroatoms. The highest BCUT2D eigenvalue weighted by Crippen LogP contribution is 2.24. The lowest BCUT2D eigenvalue weighted by Crippen LogP contribution is -2.41. The zero-order valence-corrected chi connectivity index (χ0v) is 17.9. The van der Waals surface area contributed by atoms with Crippen molar-refractivity contribution in [2.45, 2.75) is 6.04 Å². The molecule has 1 aliphatic rings. The van der Waals surface area contributed by atoms with Crippen LogP contribution in [0.5, 0.6) is 0 Å². The van der Waals surface area contributed by atoms with Crippen LogP contribution >= 0.6 is 27.7 Å². The van der Waals surface area contributed by atoms with Crippen LogP contribution in [-0.2, 0) is 14.3 Å². The molecular formula is C21H23BrN2O3S. The van der Waals surface area contributed by atoms with Gasteiger partial charge in [0.2, 0.25) is 11.8 Å². The minimum absolute atomic E-state index is 0.0635. The molecule has 1 fully saturated rings. The Bertz CT molecular complexity index is 780. The lowest BCUT2D eigenvalue weighted by atomic mass is 9.99. The van der Waals surface area contributed by atoms with E-state index < -0.39 is 0 Å². The minimum Gasteiger partial charge on any atom is -0.378 e. The molecule has 2 aromatic rings. The van der Waals surface area contributed by atoms with E-state index in [2.05, 4.69) is 21.2 Å². The number of benzene rings is 2. The van der Waals surface area contributed by atoms with Crippen molar-refractivity contribution >= 4 is 39.5 Å². The number of thioether (sulfide) groups is 1. The van der Waals surface area contributed by atoms with Crippen LogP contribution in [0.2, 0.25) is 0 Å². The van der Waals surface area contributed by atoms with Crippen molar-refractivity contribution in [3.05, 3.63) is 70.2 Å². The second-order valence-electron chi connectivity index (χ2n) is 6.45. The number of hydrogen-bond donors (Lipinski definition) is 1. The summed E-state index contributed by atoms with van der Waals surface area (Å²) in [5, 5.41) is 3.10. The number of rotatable bonds is 7. The number of morpholine rings is 1. The van der Waals surface area contributed by atoms with Crippen LogP contribution in [0.25, 0.3) is 0 Å². The van der Waals surface area contributed by atoms with Crippen molar-refractivity contribution in [2.24, 2.45) is 0 Å². The maximum absolute atomic E-state index is 12.5. The Morgan fingerprint density at radius 3 is 2.32 bits per heavy atom. The average Bonchev–Trinajstić information content (AvgIpc) is 2.74. The van der Waals surface area contributed by atoms with Crippen molar-refractivity contribution < 1.29 is 14.3 Å². The Labute approximate surface area is 178 Å². The molecular weight excluding hydrogens is 440 g/mol. The summed E-state index contributed by atoms with van der Waals surface area (Å²) in [7, 11) is 0. The highest BCUT2D eigenvalue weighted by molar-refractivity contribution is 9.10. The number of carbonyl (C=O) groups excluding carboxylic acids is 2. The highest BCUT2D eigenvalue weighted by atomic mass is 79.9. The highest BCUT2D eigenvalue weighted by Gasteiger charge is 2.19. The minimum atomic E-state index is -0.225. The van der Waals surface area contributed by atoms with Gasteiger partial charge in [-0.05, 0) is 23.3 Å². The Kier molecular flexibility index (Phi) is 7.94. The van der Waals surface area contributed by atoms with Crippen molar-refractivity contribution in [3.63, 3.8) is 0 Å². The molecule has 5 nitrogen and oxygen atoms in total. The molecule has 0 saturated carbocycles. The molecule has 1 atom stereocenters. The number of hydrogen-bond acceptors (Lipinski definition) is 4. The van der Waals surface area contributed by atoms with Crippen LogP contribution in [0.4, 0.5) is 0 Å². The van der Waals surface area contributed by atoms with E-state index >= 15 is 0 Å². The normalized spacial score (nSPS) is 15.1. The third-order valence-corrected chi connectivity index (χ3v) is 5.91. The van der Waals surface area contributed by atoms with Gasteiger partial charge in [-0.3, -0.25) is 9.59 Å². The van der Waals surface area contributed by atoms with Crippen molar-refractivity contribution in [3.8, 4) is 0 Å². The number of nitrogens with zero attached hydrogens (tertiary/aromatic N) is 1. The Hall–Kier alpha value is -1.83. The van der Waals surface area contributed by atoms with E-state index in [0.717, 1.165) is 15.6 Å². The summed E-state index contributed by atoms with van der Waals surface area (Å²) < 4.78 is 6.25. The van der Waals surface area contributed by atoms with Gasteiger partial charge in [-0.15, -0.1) is 11.8 Å². The topological polar surface area (TPSA) is 58.6 Å². The number of amides is 2. The second kappa shape index (κ2) is 10.6. The first kappa shape index (κ1) is 20.9. The van der Waals surface area contributed by atoms with E-state index in [1.54, 1.807) is 4.90 Å². The quantitative estimate of drug-likeness (QED) is 0.685. The monoisotopic (exact) mass is 462 g/mol. The molecule has 28 heavy (non-hydrogen) atoms. The molecule has 1 heterocycles. The zero-order valence-electron chi connectivity index (χ0n) is 15.5. The molecule has 0 aliphatic carbocycles. The van der Waals surface area contributed by atoms with Gasteiger partial charge in [-0.2, -0.15) is 0 Å². The maximum Gasteiger partial charge on any atom is 0.232 e. The smallest absolute Gasteiger partial charge is 0.232 e. The summed E-state index contributed by atoms with van der Waals surface area (Å²) in [6.07, 6.45) is 0. The molecule has 0 aromatic heterocycles. The summed E-state index contributed by atoms with van der Waals surface area (Å²) in [6.45, 7) is 2.43. The fourth-order valence-electron chi connectivity index (χ4n) is 3.00. The van der Waals surface area contributed by atoms with Crippen LogP contribution in [-0.4, -0.2) is 54.5 Å². The standard InChI is InChI=1S/C21H23BrN2O3S/c22-18-8-6-17(7-9-18)21(16-4-2-1-3-5-16)23-19(25)14-28-15-20(26)24-10-12-27-13-11-24/h1-9,21H,10-15H2,(H,23,25). The largest absolute Gasteiger partial charge is 0.378 e. The summed E-state index contributed by atoms with van der Waals surface area (Å²) in [5.74, 6) is 0.530. The van der Waals surface area contributed by atoms with Crippen LogP contribution in [0, 0.1) is 0 Å². The molecule has 0 bridgehead atoms. The van der Waals surface area contributed by atoms with Gasteiger partial charge in [0.1, 0.15) is 0 Å². The van der Waals surface area contributed by atoms with E-state index in [1.807, 2.05) is 54.6 Å². The summed E-state index contributed by atoms with van der Waals surface area (Å²) in [4.78, 5) is 26.5. The van der Waals surface area contributed by atoms with Crippen LogP contribution in [0.1, 0.15) is 17.2 Å². The second-order valence-corrected chi connectivity index (χ2v) is 8.35. The molecule has 3 rings (SSSR count). The first-order chi connectivity index (χ1) is 13.6. The van der Waals surface area contributed by atoms with Crippen LogP contribution < -0.4 is 5.32 Å². The number of ether oxygens (including phenoxy) is 1. The number of carbonyl (C=O) groups is 2. The summed E-state index contributed by atoms with van der Waals surface area (Å²) in [6, 6.07) is 17.6. The third kappa shape index (κ3) is 6.09. The molecule has 1 N–H and O–H groups in total. The van der Waals surface area contributed by atoms with Gasteiger partial charge in [0, 0.05) is 17.6 Å². The summed E-state index contributed by atoms with van der Waals surface area (Å²) >= 11 is 4.79. The predicted molar refractivity (Wildman–Crippen MR) is 115 cm³/mol. The van der Waals surface area contributed by atoms with Crippen molar-refractivity contribution in [1.82, 2.24) is 10.2 Å². The molecule has 1 aliphatic heterocycles. The van der Waals surface area contributed by atoms with Gasteiger partial charge in [0.25, 0.3) is 0 Å². The zero-order chi connectivity index (χ0) is 19.8. The maximum atomic E-state index is 12.5. The predicted octanol–water partition coefficient (Wildman–Crippen LogP) is 3.25. The van der Waals surface area contributed by atoms with Gasteiger partial charge in [0.15, 0.2) is 0 Å². The van der Waals surface area contributed by atoms with Gasteiger partial charge < -0.3 is 15.0 Å². The number of nitrogens with one attached hydrogen (secondary N) is 1. The molecule has 0 spiro atoms. The van der Waals surface area contributed by atoms with E-state index in [0.29, 0.717) is 32.1 Å². The van der Waals surface area contributed by atoms with Gasteiger partial charge >= 0.3 is 0 Å². The Morgan fingerprint density at radius 1 is 1.00 bits per heavy atom. The van der Waals surface area contributed by atoms with E-state index in [9.17, 15) is 9.59 Å². The summed E-state index contributed by atoms with van der Waals surface area (Å²) in [5.41, 5.74) is 2.03. The third-order valence-electron chi connectivity index (χ3n) is 4.46. The van der Waals surface area contributed by atoms with Crippen LogP contribution in [0.3, 0.4) is 0 Å². The van der Waals surface area contributed by atoms with Gasteiger partial charge in [0.05, 0.1) is 30.8 Å². The first-order valence-electron chi connectivity index (χ1n) is 9.16.